The fourth-order valence-electron chi connectivity index (χ4n) is 2.78. The number of furan rings is 1. The molecule has 2 aromatic carbocycles. The maximum atomic E-state index is 12.4. The first kappa shape index (κ1) is 17.7. The van der Waals surface area contributed by atoms with Crippen LogP contribution in [0, 0.1) is 6.92 Å². The van der Waals surface area contributed by atoms with Gasteiger partial charge in [0.2, 0.25) is 0 Å². The van der Waals surface area contributed by atoms with Crippen molar-refractivity contribution in [1.82, 2.24) is 4.98 Å². The Labute approximate surface area is 160 Å². The summed E-state index contributed by atoms with van der Waals surface area (Å²) in [4.78, 5) is 16.7. The summed E-state index contributed by atoms with van der Waals surface area (Å²) in [5.41, 5.74) is 1.96. The van der Waals surface area contributed by atoms with Gasteiger partial charge in [-0.2, -0.15) is 0 Å². The first-order valence-electron chi connectivity index (χ1n) is 8.65. The summed E-state index contributed by atoms with van der Waals surface area (Å²) in [5.74, 6) is 2.16. The van der Waals surface area contributed by atoms with Gasteiger partial charge in [-0.3, -0.25) is 4.79 Å². The van der Waals surface area contributed by atoms with Gasteiger partial charge in [0.1, 0.15) is 17.9 Å². The van der Waals surface area contributed by atoms with Crippen LogP contribution in [0.2, 0.25) is 0 Å². The molecule has 4 rings (SSSR count). The maximum absolute atomic E-state index is 12.4. The number of anilines is 1. The molecular weight excluding hydrogens is 360 g/mol. The molecule has 142 valence electrons. The molecule has 0 atom stereocenters. The normalized spacial score (nSPS) is 10.8. The average Bonchev–Trinajstić information content (AvgIpc) is 3.32. The third-order valence-electron chi connectivity index (χ3n) is 4.08. The van der Waals surface area contributed by atoms with Crippen LogP contribution in [0.3, 0.4) is 0 Å². The zero-order chi connectivity index (χ0) is 19.5. The van der Waals surface area contributed by atoms with Gasteiger partial charge in [0.15, 0.2) is 28.7 Å². The molecule has 4 aromatic rings. The molecule has 0 aliphatic rings. The van der Waals surface area contributed by atoms with Crippen LogP contribution in [-0.4, -0.2) is 18.0 Å². The van der Waals surface area contributed by atoms with Gasteiger partial charge in [0, 0.05) is 12.6 Å². The summed E-state index contributed by atoms with van der Waals surface area (Å²) in [6.07, 6.45) is 0. The van der Waals surface area contributed by atoms with Crippen molar-refractivity contribution < 1.29 is 23.1 Å². The molecule has 0 aliphatic carbocycles. The number of fused-ring (bicyclic) bond motifs is 1. The number of rotatable bonds is 6. The highest BCUT2D eigenvalue weighted by Gasteiger charge is 2.13. The highest BCUT2D eigenvalue weighted by atomic mass is 16.5. The lowest BCUT2D eigenvalue weighted by Gasteiger charge is -2.08. The van der Waals surface area contributed by atoms with E-state index in [1.807, 2.05) is 18.2 Å². The lowest BCUT2D eigenvalue weighted by Crippen LogP contribution is -2.10. The monoisotopic (exact) mass is 378 g/mol. The molecule has 0 aliphatic heterocycles. The SMILES string of the molecule is COc1ccccc1OCc1ccc(C(=O)Nc2ccc3oc(C)nc3c2)o1. The van der Waals surface area contributed by atoms with Gasteiger partial charge >= 0.3 is 0 Å². The predicted octanol–water partition coefficient (Wildman–Crippen LogP) is 4.57. The fourth-order valence-corrected chi connectivity index (χ4v) is 2.78. The molecule has 2 aromatic heterocycles. The van der Waals surface area contributed by atoms with E-state index in [9.17, 15) is 4.79 Å². The molecule has 1 N–H and O–H groups in total. The number of nitrogens with zero attached hydrogens (tertiary/aromatic N) is 1. The molecule has 0 radical (unpaired) electrons. The third kappa shape index (κ3) is 3.68. The van der Waals surface area contributed by atoms with Crippen molar-refractivity contribution in [2.24, 2.45) is 0 Å². The molecule has 0 spiro atoms. The summed E-state index contributed by atoms with van der Waals surface area (Å²) in [7, 11) is 1.58. The molecule has 0 bridgehead atoms. The lowest BCUT2D eigenvalue weighted by molar-refractivity contribution is 0.0992. The number of amides is 1. The summed E-state index contributed by atoms with van der Waals surface area (Å²) >= 11 is 0. The summed E-state index contributed by atoms with van der Waals surface area (Å²) < 4.78 is 22.0. The first-order valence-corrected chi connectivity index (χ1v) is 8.65. The van der Waals surface area contributed by atoms with Crippen molar-refractivity contribution in [2.45, 2.75) is 13.5 Å². The van der Waals surface area contributed by atoms with Crippen LogP contribution in [0.5, 0.6) is 11.5 Å². The Kier molecular flexibility index (Phi) is 4.72. The maximum Gasteiger partial charge on any atom is 0.291 e. The summed E-state index contributed by atoms with van der Waals surface area (Å²) in [5, 5.41) is 2.79. The van der Waals surface area contributed by atoms with E-state index in [1.165, 1.54) is 0 Å². The van der Waals surface area contributed by atoms with Gasteiger partial charge in [0.05, 0.1) is 7.11 Å². The standard InChI is InChI=1S/C21H18N2O5/c1-13-22-16-11-14(7-9-17(16)27-13)23-21(24)20-10-8-15(28-20)12-26-19-6-4-3-5-18(19)25-2/h3-11H,12H2,1-2H3,(H,23,24). The Morgan fingerprint density at radius 1 is 1.07 bits per heavy atom. The molecule has 28 heavy (non-hydrogen) atoms. The number of carbonyl (C=O) groups excluding carboxylic acids is 1. The zero-order valence-corrected chi connectivity index (χ0v) is 15.4. The van der Waals surface area contributed by atoms with E-state index in [1.54, 1.807) is 50.4 Å². The molecule has 0 saturated heterocycles. The Morgan fingerprint density at radius 2 is 1.89 bits per heavy atom. The van der Waals surface area contributed by atoms with E-state index >= 15 is 0 Å². The van der Waals surface area contributed by atoms with Crippen molar-refractivity contribution in [1.29, 1.82) is 0 Å². The van der Waals surface area contributed by atoms with Crippen LogP contribution in [0.4, 0.5) is 5.69 Å². The van der Waals surface area contributed by atoms with Crippen LogP contribution < -0.4 is 14.8 Å². The lowest BCUT2D eigenvalue weighted by atomic mass is 10.3. The van der Waals surface area contributed by atoms with Gasteiger partial charge in [-0.1, -0.05) is 12.1 Å². The molecule has 0 unspecified atom stereocenters. The van der Waals surface area contributed by atoms with Crippen molar-refractivity contribution in [3.05, 3.63) is 72.0 Å². The van der Waals surface area contributed by atoms with Crippen LogP contribution >= 0.6 is 0 Å². The van der Waals surface area contributed by atoms with E-state index in [2.05, 4.69) is 10.3 Å². The molecule has 1 amide bonds. The number of ether oxygens (including phenoxy) is 2. The van der Waals surface area contributed by atoms with Crippen LogP contribution in [0.25, 0.3) is 11.1 Å². The van der Waals surface area contributed by atoms with E-state index in [-0.39, 0.29) is 18.3 Å². The largest absolute Gasteiger partial charge is 0.493 e. The second-order valence-corrected chi connectivity index (χ2v) is 6.08. The van der Waals surface area contributed by atoms with Crippen LogP contribution in [-0.2, 0) is 6.61 Å². The van der Waals surface area contributed by atoms with Crippen LogP contribution in [0.15, 0.2) is 63.4 Å². The topological polar surface area (TPSA) is 86.7 Å². The van der Waals surface area contributed by atoms with Gasteiger partial charge in [-0.05, 0) is 42.5 Å². The molecular formula is C21H18N2O5. The van der Waals surface area contributed by atoms with Crippen molar-refractivity contribution >= 4 is 22.7 Å². The molecule has 7 heteroatoms. The van der Waals surface area contributed by atoms with Crippen LogP contribution in [0.1, 0.15) is 22.2 Å². The number of methoxy groups -OCH3 is 1. The second-order valence-electron chi connectivity index (χ2n) is 6.08. The molecule has 0 saturated carbocycles. The number of benzene rings is 2. The Hall–Kier alpha value is -3.74. The summed E-state index contributed by atoms with van der Waals surface area (Å²) in [6.45, 7) is 1.95. The Balaban J connectivity index is 1.42. The number of oxazole rings is 1. The van der Waals surface area contributed by atoms with E-state index < -0.39 is 0 Å². The average molecular weight is 378 g/mol. The highest BCUT2D eigenvalue weighted by Crippen LogP contribution is 2.27. The minimum atomic E-state index is -0.358. The number of carbonyl (C=O) groups is 1. The highest BCUT2D eigenvalue weighted by molar-refractivity contribution is 6.03. The molecule has 7 nitrogen and oxygen atoms in total. The number of nitrogens with one attached hydrogen (secondary N) is 1. The quantitative estimate of drug-likeness (QED) is 0.529. The van der Waals surface area contributed by atoms with Crippen molar-refractivity contribution in [3.8, 4) is 11.5 Å². The van der Waals surface area contributed by atoms with E-state index in [0.717, 1.165) is 0 Å². The molecule has 0 fully saturated rings. The van der Waals surface area contributed by atoms with E-state index in [4.69, 9.17) is 18.3 Å². The van der Waals surface area contributed by atoms with Gasteiger partial charge in [-0.15, -0.1) is 0 Å². The Morgan fingerprint density at radius 3 is 2.71 bits per heavy atom. The minimum absolute atomic E-state index is 0.178. The second kappa shape index (κ2) is 7.48. The first-order chi connectivity index (χ1) is 13.6. The van der Waals surface area contributed by atoms with Crippen molar-refractivity contribution in [2.75, 3.05) is 12.4 Å². The Bertz CT molecular complexity index is 1130. The van der Waals surface area contributed by atoms with Gasteiger partial charge in [0.25, 0.3) is 5.91 Å². The number of aromatic nitrogens is 1. The summed E-state index contributed by atoms with van der Waals surface area (Å²) in [6, 6.07) is 15.9. The zero-order valence-electron chi connectivity index (χ0n) is 15.4. The predicted molar refractivity (Wildman–Crippen MR) is 103 cm³/mol. The smallest absolute Gasteiger partial charge is 0.291 e. The van der Waals surface area contributed by atoms with E-state index in [0.29, 0.717) is 39.9 Å². The molecule has 2 heterocycles. The number of aryl methyl sites for hydroxylation is 1. The third-order valence-corrected chi connectivity index (χ3v) is 4.08. The number of hydrogen-bond donors (Lipinski definition) is 1. The number of hydrogen-bond acceptors (Lipinski definition) is 6. The number of para-hydroxylation sites is 2. The van der Waals surface area contributed by atoms with Gasteiger partial charge in [-0.25, -0.2) is 4.98 Å². The fraction of sp³-hybridized carbons (Fsp3) is 0.143. The minimum Gasteiger partial charge on any atom is -0.493 e. The van der Waals surface area contributed by atoms with Crippen molar-refractivity contribution in [3.63, 3.8) is 0 Å². The van der Waals surface area contributed by atoms with Gasteiger partial charge < -0.3 is 23.6 Å².